The zero-order chi connectivity index (χ0) is 87.3. The van der Waals surface area contributed by atoms with Crippen LogP contribution in [0.4, 0.5) is 0 Å². The van der Waals surface area contributed by atoms with E-state index in [4.69, 9.17) is 80.5 Å². The van der Waals surface area contributed by atoms with E-state index in [0.29, 0.717) is 0 Å². The Balaban J connectivity index is 1.12. The van der Waals surface area contributed by atoms with Gasteiger partial charge in [0.15, 0.2) is 56.6 Å². The van der Waals surface area contributed by atoms with Gasteiger partial charge in [0, 0.05) is 34.6 Å². The summed E-state index contributed by atoms with van der Waals surface area (Å²) in [5, 5.41) is 260. The normalized spacial score (nSPS) is 47.1. The second-order valence-corrected chi connectivity index (χ2v) is 30.5. The van der Waals surface area contributed by atoms with Crippen molar-refractivity contribution < 1.29 is 234 Å². The molecule has 9 fully saturated rings. The molecule has 0 bridgehead atoms. The first-order valence-corrected chi connectivity index (χ1v) is 38.5. The zero-order valence-corrected chi connectivity index (χ0v) is 64.4. The summed E-state index contributed by atoms with van der Waals surface area (Å²) in [5.74, 6) is -4.67. The largest absolute Gasteiger partial charge is 0.397 e. The Labute approximate surface area is 669 Å². The molecule has 45 atom stereocenters. The van der Waals surface area contributed by atoms with E-state index in [9.17, 15) is 149 Å². The van der Waals surface area contributed by atoms with Crippen molar-refractivity contribution in [2.24, 2.45) is 0 Å². The van der Waals surface area contributed by atoms with Gasteiger partial charge in [-0.15, -0.1) is 0 Å². The standard InChI is InChI=1S/C64H107N5O48S/c1-15-34(80)45(91)47(93)61(103-15)100-13-28-52(43(89)29(56(96)104-28)65-16(2)75)113-60-33(69-20(6)79)44(90)50(24(10-73)108-60)114-62-49(95)53(39(85)26(111-62)12-101-63-54(46(92)37(83)23(9-72)107-63)116-58-31(67-18(4)77)41(87)36(82)22(8-71)106-58)115-64-55(117-59-32(68-19(5)78)42(88)38(84)27(110-59)14-102-118(97,98)99)48(94)51(25(11-74)109-64)112-57-30(66-17(3)76)40(86)35(81)21(7-70)105-57/h15,21-64,70-74,80-96H,7-14H2,1-6H3,(H,65,75)(H,66,76)(H,67,77)(H,68,78)(H,69,79)(H,97,98,99)/t15-,21+,22+,23+,24+,25+,26+,27+,28+,29+,30+,31+,32+,33+,34+,35+,36+,37+,38+,39+,40+,41+,42+,43+,44+,45+,46-,47-,48-,49-,50+,51+,52+,53-,54-,55-,56+,57-,58-,59-,60-,61+,62-,63-,64+/m0/s1. The molecule has 9 saturated heterocycles. The molecule has 0 unspecified atom stereocenters. The Morgan fingerprint density at radius 1 is 0.280 bits per heavy atom. The topological polar surface area (TPSA) is 811 Å². The van der Waals surface area contributed by atoms with Crippen LogP contribution in [0, 0.1) is 0 Å². The van der Waals surface area contributed by atoms with Crippen LogP contribution < -0.4 is 26.6 Å². The summed E-state index contributed by atoms with van der Waals surface area (Å²) < 4.78 is 140. The highest BCUT2D eigenvalue weighted by atomic mass is 32.3. The van der Waals surface area contributed by atoms with Crippen LogP contribution in [0.15, 0.2) is 0 Å². The van der Waals surface area contributed by atoms with Gasteiger partial charge in [0.05, 0.1) is 59.0 Å². The van der Waals surface area contributed by atoms with Gasteiger partial charge < -0.3 is 219 Å². The van der Waals surface area contributed by atoms with Gasteiger partial charge in [0.2, 0.25) is 29.5 Å². The highest BCUT2D eigenvalue weighted by Crippen LogP contribution is 2.40. The van der Waals surface area contributed by atoms with E-state index in [1.807, 2.05) is 0 Å². The third kappa shape index (κ3) is 22.7. The summed E-state index contributed by atoms with van der Waals surface area (Å²) in [6.45, 7) is -3.29. The summed E-state index contributed by atoms with van der Waals surface area (Å²) in [4.78, 5) is 63.7. The number of rotatable bonds is 31. The molecule has 9 rings (SSSR count). The molecule has 9 heterocycles. The first kappa shape index (κ1) is 97.5. The van der Waals surface area contributed by atoms with Crippen molar-refractivity contribution >= 4 is 39.9 Å². The fraction of sp³-hybridized carbons (Fsp3) is 0.922. The van der Waals surface area contributed by atoms with E-state index >= 15 is 0 Å². The van der Waals surface area contributed by atoms with Crippen LogP contribution in [0.2, 0.25) is 0 Å². The fourth-order valence-electron chi connectivity index (χ4n) is 14.8. The van der Waals surface area contributed by atoms with Gasteiger partial charge in [-0.25, -0.2) is 4.18 Å². The number of carbonyl (C=O) groups is 5. The zero-order valence-electron chi connectivity index (χ0n) is 63.5. The summed E-state index contributed by atoms with van der Waals surface area (Å²) in [6.07, 6.45) is -85.0. The number of hydrogen-bond donors (Lipinski definition) is 28. The molecule has 9 aliphatic heterocycles. The lowest BCUT2D eigenvalue weighted by Crippen LogP contribution is -2.71. The smallest absolute Gasteiger partial charge is 0.394 e. The van der Waals surface area contributed by atoms with Gasteiger partial charge in [-0.05, 0) is 6.92 Å². The van der Waals surface area contributed by atoms with E-state index in [2.05, 4.69) is 30.8 Å². The minimum atomic E-state index is -5.41. The third-order valence-electron chi connectivity index (χ3n) is 20.9. The molecule has 0 aromatic rings. The number of aliphatic hydroxyl groups is 22. The van der Waals surface area contributed by atoms with Crippen LogP contribution in [-0.2, 0) is 119 Å². The molecule has 0 aromatic carbocycles. The van der Waals surface area contributed by atoms with Gasteiger partial charge in [0.1, 0.15) is 213 Å². The molecule has 9 aliphatic rings. The van der Waals surface area contributed by atoms with Crippen molar-refractivity contribution in [3.63, 3.8) is 0 Å². The van der Waals surface area contributed by atoms with Crippen molar-refractivity contribution in [3.8, 4) is 0 Å². The number of hydrogen-bond acceptors (Lipinski definition) is 47. The van der Waals surface area contributed by atoms with E-state index in [1.54, 1.807) is 0 Å². The van der Waals surface area contributed by atoms with Gasteiger partial charge in [-0.1, -0.05) is 0 Å². The van der Waals surface area contributed by atoms with Crippen molar-refractivity contribution in [2.45, 2.75) is 318 Å². The van der Waals surface area contributed by atoms with Gasteiger partial charge in [0.25, 0.3) is 0 Å². The fourth-order valence-corrected chi connectivity index (χ4v) is 15.1. The number of nitrogens with one attached hydrogen (secondary N) is 5. The monoisotopic (exact) mass is 1750 g/mol. The van der Waals surface area contributed by atoms with Gasteiger partial charge in [-0.3, -0.25) is 28.5 Å². The molecule has 682 valence electrons. The van der Waals surface area contributed by atoms with Gasteiger partial charge >= 0.3 is 10.4 Å². The maximum atomic E-state index is 13.3. The molecule has 54 heteroatoms. The number of carbonyl (C=O) groups excluding carboxylic acids is 5. The lowest BCUT2D eigenvalue weighted by atomic mass is 9.93. The first-order chi connectivity index (χ1) is 55.5. The Morgan fingerprint density at radius 2 is 0.602 bits per heavy atom. The van der Waals surface area contributed by atoms with E-state index in [-0.39, 0.29) is 0 Å². The van der Waals surface area contributed by atoms with Crippen LogP contribution in [-0.4, -0.2) is 484 Å². The molecule has 0 spiro atoms. The third-order valence-corrected chi connectivity index (χ3v) is 21.3. The van der Waals surface area contributed by atoms with Crippen molar-refractivity contribution in [2.75, 3.05) is 52.9 Å². The van der Waals surface area contributed by atoms with Crippen LogP contribution >= 0.6 is 0 Å². The minimum Gasteiger partial charge on any atom is -0.394 e. The predicted octanol–water partition coefficient (Wildman–Crippen LogP) is -19.1. The van der Waals surface area contributed by atoms with Crippen molar-refractivity contribution in [1.82, 2.24) is 26.6 Å². The highest BCUT2D eigenvalue weighted by molar-refractivity contribution is 7.80. The average Bonchev–Trinajstić information content (AvgIpc) is 0.764. The summed E-state index contributed by atoms with van der Waals surface area (Å²) in [5.41, 5.74) is 0. The Morgan fingerprint density at radius 3 is 1.06 bits per heavy atom. The summed E-state index contributed by atoms with van der Waals surface area (Å²) in [6, 6.07) is -9.50. The SMILES string of the molecule is CC(=O)N[C@@H]1[C@@H](O)[C@H](O[C@@H]2O[C@H](CO)[C@@H](O[C@@H]3O[C@H](CO[C@H]4O[C@H](CO)[C@@H](O)[C@H](O)[C@@H]4O[C@@H]4O[C@H](CO)[C@@H](O)[C@H](O)[C@H]4NC(C)=O)[C@@H](O)[C@H](O[C@H]4O[C@H](CO)[C@@H](O[C@@H]5O[C@H](CO)[C@@H](O)[C@H](O)[C@H]5NC(C)=O)[C@H](O)[C@@H]4O[C@@H]4O[C@H](COS(=O)(=O)O)[C@@H](O)[C@H](O)[C@H]4NC(C)=O)[C@@H]3O)[C@H](O)[C@H]2NC(C)=O)[C@@H](CO[C@@H]2O[C@@H](C)[C@@H](O)[C@@H](O)[C@@H]2O)O[C@H]1O. The lowest BCUT2D eigenvalue weighted by Gasteiger charge is -2.52. The van der Waals surface area contributed by atoms with Crippen molar-refractivity contribution in [3.05, 3.63) is 0 Å². The maximum absolute atomic E-state index is 13.3. The quantitative estimate of drug-likeness (QED) is 0.0287. The van der Waals surface area contributed by atoms with Crippen LogP contribution in [0.25, 0.3) is 0 Å². The summed E-state index contributed by atoms with van der Waals surface area (Å²) in [7, 11) is -5.41. The van der Waals surface area contributed by atoms with E-state index in [0.717, 1.165) is 34.6 Å². The number of amides is 5. The highest BCUT2D eigenvalue weighted by Gasteiger charge is 2.61. The summed E-state index contributed by atoms with van der Waals surface area (Å²) >= 11 is 0. The molecular weight excluding hydrogens is 1640 g/mol. The average molecular weight is 1750 g/mol. The molecule has 28 N–H and O–H groups in total. The molecule has 0 saturated carbocycles. The molecule has 118 heavy (non-hydrogen) atoms. The Kier molecular flexibility index (Phi) is 34.8. The number of ether oxygens (including phenoxy) is 17. The van der Waals surface area contributed by atoms with Gasteiger partial charge in [-0.2, -0.15) is 8.42 Å². The van der Waals surface area contributed by atoms with Crippen LogP contribution in [0.5, 0.6) is 0 Å². The van der Waals surface area contributed by atoms with Crippen LogP contribution in [0.1, 0.15) is 41.5 Å². The molecule has 0 aliphatic carbocycles. The second kappa shape index (κ2) is 42.1. The van der Waals surface area contributed by atoms with Crippen molar-refractivity contribution in [1.29, 1.82) is 0 Å². The molecule has 0 aromatic heterocycles. The molecule has 5 amide bonds. The van der Waals surface area contributed by atoms with E-state index in [1.165, 1.54) is 6.92 Å². The maximum Gasteiger partial charge on any atom is 0.397 e. The Hall–Kier alpha value is -4.34. The molecule has 0 radical (unpaired) electrons. The first-order valence-electron chi connectivity index (χ1n) is 37.1. The van der Waals surface area contributed by atoms with E-state index < -0.39 is 369 Å². The molecular formula is C64H107N5O48S. The second-order valence-electron chi connectivity index (χ2n) is 29.5. The lowest BCUT2D eigenvalue weighted by molar-refractivity contribution is -0.403. The molecule has 53 nitrogen and oxygen atoms in total. The Bertz CT molecular complexity index is 3360. The predicted molar refractivity (Wildman–Crippen MR) is 364 cm³/mol. The minimum absolute atomic E-state index is 0.853. The van der Waals surface area contributed by atoms with Crippen LogP contribution in [0.3, 0.4) is 0 Å². The number of aliphatic hydroxyl groups excluding tert-OH is 22.